The van der Waals surface area contributed by atoms with E-state index < -0.39 is 5.60 Å². The van der Waals surface area contributed by atoms with E-state index in [9.17, 15) is 5.11 Å². The molecule has 3 aliphatic rings. The SMILES string of the molecule is CC1(C)CC(=NNc2ccccc2)C2=C(C1)CC1(C)CC(C)(C)CC2(O)C1. The van der Waals surface area contributed by atoms with Crippen molar-refractivity contribution in [3.8, 4) is 0 Å². The van der Waals surface area contributed by atoms with Crippen LogP contribution in [0.2, 0.25) is 0 Å². The second-order valence-corrected chi connectivity index (χ2v) is 11.2. The van der Waals surface area contributed by atoms with E-state index in [1.54, 1.807) is 0 Å². The van der Waals surface area contributed by atoms with E-state index in [1.807, 2.05) is 30.3 Å². The van der Waals surface area contributed by atoms with Crippen molar-refractivity contribution in [3.63, 3.8) is 0 Å². The van der Waals surface area contributed by atoms with Gasteiger partial charge in [-0.25, -0.2) is 0 Å². The van der Waals surface area contributed by atoms with Gasteiger partial charge >= 0.3 is 0 Å². The number of benzene rings is 1. The lowest BCUT2D eigenvalue weighted by molar-refractivity contribution is -0.0754. The Balaban J connectivity index is 1.78. The van der Waals surface area contributed by atoms with Crippen molar-refractivity contribution in [2.75, 3.05) is 5.43 Å². The minimum Gasteiger partial charge on any atom is -0.385 e. The van der Waals surface area contributed by atoms with Crippen LogP contribution in [0.4, 0.5) is 5.69 Å². The zero-order chi connectivity index (χ0) is 19.5. The van der Waals surface area contributed by atoms with Crippen LogP contribution in [0.25, 0.3) is 0 Å². The number of para-hydroxylation sites is 1. The molecule has 0 aromatic heterocycles. The number of hydrazone groups is 1. The molecule has 2 N–H and O–H groups in total. The van der Waals surface area contributed by atoms with Crippen LogP contribution in [-0.2, 0) is 0 Å². The largest absolute Gasteiger partial charge is 0.385 e. The minimum absolute atomic E-state index is 0.158. The first-order valence-electron chi connectivity index (χ1n) is 10.3. The maximum Gasteiger partial charge on any atom is 0.0924 e. The maximum atomic E-state index is 11.9. The van der Waals surface area contributed by atoms with Gasteiger partial charge in [-0.3, -0.25) is 5.43 Å². The van der Waals surface area contributed by atoms with Crippen LogP contribution in [-0.4, -0.2) is 16.4 Å². The predicted octanol–water partition coefficient (Wildman–Crippen LogP) is 5.92. The van der Waals surface area contributed by atoms with Crippen LogP contribution in [0, 0.1) is 16.2 Å². The van der Waals surface area contributed by atoms with Gasteiger partial charge in [-0.2, -0.15) is 5.10 Å². The quantitative estimate of drug-likeness (QED) is 0.638. The van der Waals surface area contributed by atoms with Crippen molar-refractivity contribution in [1.82, 2.24) is 0 Å². The van der Waals surface area contributed by atoms with Gasteiger partial charge in [-0.15, -0.1) is 0 Å². The molecule has 1 fully saturated rings. The molecule has 1 aromatic carbocycles. The monoisotopic (exact) mass is 366 g/mol. The Morgan fingerprint density at radius 3 is 2.26 bits per heavy atom. The van der Waals surface area contributed by atoms with Gasteiger partial charge in [-0.1, -0.05) is 58.4 Å². The molecule has 27 heavy (non-hydrogen) atoms. The van der Waals surface area contributed by atoms with Crippen molar-refractivity contribution in [3.05, 3.63) is 41.5 Å². The smallest absolute Gasteiger partial charge is 0.0924 e. The van der Waals surface area contributed by atoms with Gasteiger partial charge in [0.2, 0.25) is 0 Å². The maximum absolute atomic E-state index is 11.9. The zero-order valence-corrected chi connectivity index (χ0v) is 17.5. The Hall–Kier alpha value is -1.61. The highest BCUT2D eigenvalue weighted by Crippen LogP contribution is 2.61. The summed E-state index contributed by atoms with van der Waals surface area (Å²) in [4.78, 5) is 0. The second kappa shape index (κ2) is 5.94. The van der Waals surface area contributed by atoms with Gasteiger partial charge in [0.15, 0.2) is 0 Å². The van der Waals surface area contributed by atoms with Crippen molar-refractivity contribution in [1.29, 1.82) is 0 Å². The van der Waals surface area contributed by atoms with Crippen LogP contribution in [0.3, 0.4) is 0 Å². The summed E-state index contributed by atoms with van der Waals surface area (Å²) in [7, 11) is 0. The summed E-state index contributed by atoms with van der Waals surface area (Å²) >= 11 is 0. The fourth-order valence-electron chi connectivity index (χ4n) is 6.62. The summed E-state index contributed by atoms with van der Waals surface area (Å²) < 4.78 is 0. The lowest BCUT2D eigenvalue weighted by Crippen LogP contribution is -2.54. The van der Waals surface area contributed by atoms with Gasteiger partial charge in [-0.05, 0) is 66.9 Å². The summed E-state index contributed by atoms with van der Waals surface area (Å²) in [6.45, 7) is 11.7. The van der Waals surface area contributed by atoms with E-state index in [-0.39, 0.29) is 16.2 Å². The lowest BCUT2D eigenvalue weighted by Gasteiger charge is -2.57. The molecule has 1 saturated carbocycles. The van der Waals surface area contributed by atoms with E-state index in [0.29, 0.717) is 0 Å². The molecule has 3 nitrogen and oxygen atoms in total. The van der Waals surface area contributed by atoms with Gasteiger partial charge in [0.25, 0.3) is 0 Å². The van der Waals surface area contributed by atoms with Gasteiger partial charge < -0.3 is 5.11 Å². The Kier molecular flexibility index (Phi) is 4.12. The fourth-order valence-corrected chi connectivity index (χ4v) is 6.62. The molecule has 4 rings (SSSR count). The molecular formula is C24H34N2O. The van der Waals surface area contributed by atoms with Crippen molar-refractivity contribution in [2.45, 2.75) is 78.7 Å². The molecule has 2 bridgehead atoms. The molecule has 0 spiro atoms. The molecule has 146 valence electrons. The van der Waals surface area contributed by atoms with E-state index in [0.717, 1.165) is 49.1 Å². The van der Waals surface area contributed by atoms with Crippen LogP contribution in [0.5, 0.6) is 0 Å². The summed E-state index contributed by atoms with van der Waals surface area (Å²) in [5, 5.41) is 16.7. The molecular weight excluding hydrogens is 332 g/mol. The summed E-state index contributed by atoms with van der Waals surface area (Å²) in [5.74, 6) is 0. The number of hydrogen-bond acceptors (Lipinski definition) is 3. The average Bonchev–Trinajstić information content (AvgIpc) is 2.48. The van der Waals surface area contributed by atoms with Crippen molar-refractivity contribution < 1.29 is 5.11 Å². The molecule has 2 atom stereocenters. The number of nitrogens with zero attached hydrogens (tertiary/aromatic N) is 1. The van der Waals surface area contributed by atoms with Crippen LogP contribution >= 0.6 is 0 Å². The van der Waals surface area contributed by atoms with Crippen LogP contribution in [0.1, 0.15) is 73.1 Å². The second-order valence-electron chi connectivity index (χ2n) is 11.2. The van der Waals surface area contributed by atoms with E-state index in [1.165, 1.54) is 12.0 Å². The Bertz CT molecular complexity index is 805. The number of aliphatic hydroxyl groups is 1. The first-order valence-corrected chi connectivity index (χ1v) is 10.3. The zero-order valence-electron chi connectivity index (χ0n) is 17.5. The van der Waals surface area contributed by atoms with E-state index in [4.69, 9.17) is 5.10 Å². The molecule has 0 radical (unpaired) electrons. The predicted molar refractivity (Wildman–Crippen MR) is 113 cm³/mol. The topological polar surface area (TPSA) is 44.6 Å². The summed E-state index contributed by atoms with van der Waals surface area (Å²) in [6, 6.07) is 10.1. The molecule has 3 aliphatic carbocycles. The average molecular weight is 367 g/mol. The number of allylic oxidation sites excluding steroid dienone is 1. The Morgan fingerprint density at radius 2 is 1.56 bits per heavy atom. The highest BCUT2D eigenvalue weighted by molar-refractivity contribution is 6.04. The van der Waals surface area contributed by atoms with Gasteiger partial charge in [0.05, 0.1) is 17.0 Å². The van der Waals surface area contributed by atoms with E-state index >= 15 is 0 Å². The highest BCUT2D eigenvalue weighted by atomic mass is 16.3. The summed E-state index contributed by atoms with van der Waals surface area (Å²) in [5.41, 5.74) is 7.72. The normalized spacial score (nSPS) is 35.7. The minimum atomic E-state index is -0.738. The number of nitrogens with one attached hydrogen (secondary N) is 1. The molecule has 0 saturated heterocycles. The Labute approximate surface area is 164 Å². The number of anilines is 1. The first-order chi connectivity index (χ1) is 12.5. The lowest BCUT2D eigenvalue weighted by atomic mass is 9.49. The number of hydrogen-bond donors (Lipinski definition) is 2. The van der Waals surface area contributed by atoms with Gasteiger partial charge in [0.1, 0.15) is 0 Å². The van der Waals surface area contributed by atoms with Crippen molar-refractivity contribution in [2.24, 2.45) is 21.3 Å². The Morgan fingerprint density at radius 1 is 0.852 bits per heavy atom. The molecule has 0 aliphatic heterocycles. The van der Waals surface area contributed by atoms with Crippen LogP contribution < -0.4 is 5.43 Å². The third-order valence-corrected chi connectivity index (χ3v) is 6.57. The first kappa shape index (κ1) is 18.7. The third-order valence-electron chi connectivity index (χ3n) is 6.57. The third kappa shape index (κ3) is 3.59. The molecule has 0 heterocycles. The fraction of sp³-hybridized carbons (Fsp3) is 0.625. The molecule has 0 amide bonds. The molecule has 1 aromatic rings. The highest BCUT2D eigenvalue weighted by Gasteiger charge is 2.56. The molecule has 2 unspecified atom stereocenters. The van der Waals surface area contributed by atoms with Gasteiger partial charge in [0, 0.05) is 5.57 Å². The molecule has 3 heteroatoms. The number of rotatable bonds is 2. The summed E-state index contributed by atoms with van der Waals surface area (Å²) in [6.07, 6.45) is 5.97. The number of fused-ring (bicyclic) bond motifs is 3. The van der Waals surface area contributed by atoms with E-state index in [2.05, 4.69) is 40.0 Å². The van der Waals surface area contributed by atoms with Crippen LogP contribution in [0.15, 0.2) is 46.6 Å². The van der Waals surface area contributed by atoms with Crippen molar-refractivity contribution >= 4 is 11.4 Å². The standard InChI is InChI=1S/C24H34N2O/c1-21(2)11-17-12-23(5)14-22(3,4)15-24(27,16-23)20(17)19(13-21)26-25-18-9-7-6-8-10-18/h6-10,25,27H,11-16H2,1-5H3.